The summed E-state index contributed by atoms with van der Waals surface area (Å²) < 4.78 is 42.8. The monoisotopic (exact) mass is 303 g/mol. The van der Waals surface area contributed by atoms with Gasteiger partial charge in [-0.2, -0.15) is 14.0 Å². The molecule has 2 aromatic carbocycles. The van der Waals surface area contributed by atoms with Crippen LogP contribution in [0.1, 0.15) is 41.8 Å². The summed E-state index contributed by atoms with van der Waals surface area (Å²) in [6.45, 7) is 2.00. The molecule has 0 aliphatic carbocycles. The topological polar surface area (TPSA) is 23.8 Å². The molecule has 0 saturated heterocycles. The van der Waals surface area contributed by atoms with E-state index >= 15 is 0 Å². The Hall–Kier alpha value is -2.28. The van der Waals surface area contributed by atoms with Gasteiger partial charge in [-0.15, -0.1) is 0 Å². The first kappa shape index (κ1) is 16.1. The van der Waals surface area contributed by atoms with Gasteiger partial charge in [0.15, 0.2) is 6.17 Å². The maximum atomic E-state index is 14.3. The molecular weight excluding hydrogens is 287 g/mol. The highest BCUT2D eigenvalue weighted by molar-refractivity contribution is 5.35. The SMILES string of the molecule is CCCc1ccc(C(F)(F)C(F)c2ccc(C#N)cc2)cc1. The van der Waals surface area contributed by atoms with Crippen molar-refractivity contribution < 1.29 is 13.2 Å². The molecule has 1 atom stereocenters. The smallest absolute Gasteiger partial charge is 0.235 e. The third-order valence-corrected chi connectivity index (χ3v) is 3.53. The second kappa shape index (κ2) is 6.65. The van der Waals surface area contributed by atoms with Crippen molar-refractivity contribution in [1.82, 2.24) is 0 Å². The highest BCUT2D eigenvalue weighted by Gasteiger charge is 2.42. The van der Waals surface area contributed by atoms with Gasteiger partial charge >= 0.3 is 5.92 Å². The minimum Gasteiger partial charge on any atom is -0.235 e. The average molecular weight is 303 g/mol. The molecule has 114 valence electrons. The first-order valence-electron chi connectivity index (χ1n) is 7.10. The summed E-state index contributed by atoms with van der Waals surface area (Å²) in [7, 11) is 0. The lowest BCUT2D eigenvalue weighted by Gasteiger charge is -2.21. The molecule has 0 spiro atoms. The summed E-state index contributed by atoms with van der Waals surface area (Å²) >= 11 is 0. The summed E-state index contributed by atoms with van der Waals surface area (Å²) in [4.78, 5) is 0. The zero-order valence-electron chi connectivity index (χ0n) is 12.2. The van der Waals surface area contributed by atoms with Crippen LogP contribution in [0.25, 0.3) is 0 Å². The standard InChI is InChI=1S/C18H16F3N/c1-2-3-13-6-10-16(11-7-13)18(20,21)17(19)15-8-4-14(12-22)5-9-15/h4-11,17H,2-3H2,1H3. The van der Waals surface area contributed by atoms with Crippen molar-refractivity contribution in [3.63, 3.8) is 0 Å². The number of nitriles is 1. The quantitative estimate of drug-likeness (QED) is 0.734. The number of benzene rings is 2. The van der Waals surface area contributed by atoms with Crippen molar-refractivity contribution in [2.75, 3.05) is 0 Å². The first-order valence-corrected chi connectivity index (χ1v) is 7.10. The molecule has 0 aliphatic heterocycles. The zero-order chi connectivity index (χ0) is 16.2. The van der Waals surface area contributed by atoms with Gasteiger partial charge in [0, 0.05) is 5.56 Å². The predicted molar refractivity (Wildman–Crippen MR) is 79.3 cm³/mol. The van der Waals surface area contributed by atoms with Crippen LogP contribution < -0.4 is 0 Å². The normalized spacial score (nSPS) is 12.7. The largest absolute Gasteiger partial charge is 0.307 e. The van der Waals surface area contributed by atoms with Crippen molar-refractivity contribution in [3.05, 3.63) is 70.8 Å². The van der Waals surface area contributed by atoms with E-state index in [2.05, 4.69) is 0 Å². The third-order valence-electron chi connectivity index (χ3n) is 3.53. The highest BCUT2D eigenvalue weighted by atomic mass is 19.3. The molecular formula is C18H16F3N. The Labute approximate surface area is 128 Å². The van der Waals surface area contributed by atoms with Gasteiger partial charge in [0.25, 0.3) is 0 Å². The van der Waals surface area contributed by atoms with Gasteiger partial charge in [-0.1, -0.05) is 49.7 Å². The van der Waals surface area contributed by atoms with Crippen LogP contribution in [0.5, 0.6) is 0 Å². The Morgan fingerprint density at radius 1 is 1.05 bits per heavy atom. The van der Waals surface area contributed by atoms with Gasteiger partial charge in [0.1, 0.15) is 0 Å². The van der Waals surface area contributed by atoms with Crippen LogP contribution in [0.4, 0.5) is 13.2 Å². The van der Waals surface area contributed by atoms with E-state index in [1.54, 1.807) is 12.1 Å². The molecule has 0 N–H and O–H groups in total. The molecule has 0 aliphatic rings. The van der Waals surface area contributed by atoms with E-state index in [1.165, 1.54) is 36.4 Å². The molecule has 0 saturated carbocycles. The lowest BCUT2D eigenvalue weighted by atomic mass is 9.96. The van der Waals surface area contributed by atoms with E-state index < -0.39 is 12.1 Å². The molecule has 0 fully saturated rings. The number of hydrogen-bond acceptors (Lipinski definition) is 1. The maximum absolute atomic E-state index is 14.3. The maximum Gasteiger partial charge on any atom is 0.307 e. The number of halogens is 3. The fourth-order valence-electron chi connectivity index (χ4n) is 2.26. The molecule has 0 aromatic heterocycles. The van der Waals surface area contributed by atoms with Crippen molar-refractivity contribution in [3.8, 4) is 6.07 Å². The molecule has 0 radical (unpaired) electrons. The van der Waals surface area contributed by atoms with Crippen molar-refractivity contribution in [2.45, 2.75) is 31.9 Å². The predicted octanol–water partition coefficient (Wildman–Crippen LogP) is 5.31. The first-order chi connectivity index (χ1) is 10.5. The Morgan fingerprint density at radius 3 is 2.14 bits per heavy atom. The molecule has 1 nitrogen and oxygen atoms in total. The van der Waals surface area contributed by atoms with E-state index in [1.807, 2.05) is 13.0 Å². The second-order valence-electron chi connectivity index (χ2n) is 5.17. The lowest BCUT2D eigenvalue weighted by molar-refractivity contribution is -0.0809. The second-order valence-corrected chi connectivity index (χ2v) is 5.17. The van der Waals surface area contributed by atoms with E-state index in [4.69, 9.17) is 5.26 Å². The lowest BCUT2D eigenvalue weighted by Crippen LogP contribution is -2.20. The van der Waals surface area contributed by atoms with Crippen LogP contribution in [-0.4, -0.2) is 0 Å². The molecule has 2 aromatic rings. The third kappa shape index (κ3) is 3.30. The minimum atomic E-state index is -3.61. The van der Waals surface area contributed by atoms with E-state index in [-0.39, 0.29) is 11.1 Å². The fraction of sp³-hybridized carbons (Fsp3) is 0.278. The van der Waals surface area contributed by atoms with Crippen LogP contribution in [-0.2, 0) is 12.3 Å². The highest BCUT2D eigenvalue weighted by Crippen LogP contribution is 2.43. The van der Waals surface area contributed by atoms with Crippen LogP contribution in [0.15, 0.2) is 48.5 Å². The summed E-state index contributed by atoms with van der Waals surface area (Å²) in [6.07, 6.45) is -0.718. The van der Waals surface area contributed by atoms with Crippen LogP contribution in [0, 0.1) is 11.3 Å². The summed E-state index contributed by atoms with van der Waals surface area (Å²) in [5.41, 5.74) is 0.782. The number of hydrogen-bond donors (Lipinski definition) is 0. The van der Waals surface area contributed by atoms with Crippen molar-refractivity contribution >= 4 is 0 Å². The molecule has 1 unspecified atom stereocenters. The number of nitrogens with zero attached hydrogens (tertiary/aromatic N) is 1. The van der Waals surface area contributed by atoms with E-state index in [0.29, 0.717) is 5.56 Å². The van der Waals surface area contributed by atoms with E-state index in [0.717, 1.165) is 18.4 Å². The Morgan fingerprint density at radius 2 is 1.64 bits per heavy atom. The van der Waals surface area contributed by atoms with Crippen LogP contribution >= 0.6 is 0 Å². The molecule has 0 bridgehead atoms. The van der Waals surface area contributed by atoms with Gasteiger partial charge in [-0.3, -0.25) is 0 Å². The molecule has 0 heterocycles. The van der Waals surface area contributed by atoms with Gasteiger partial charge < -0.3 is 0 Å². The molecule has 4 heteroatoms. The van der Waals surface area contributed by atoms with Gasteiger partial charge in [-0.25, -0.2) is 4.39 Å². The molecule has 22 heavy (non-hydrogen) atoms. The molecule has 2 rings (SSSR count). The summed E-state index contributed by atoms with van der Waals surface area (Å²) in [5.74, 6) is -3.61. The number of rotatable bonds is 5. The summed E-state index contributed by atoms with van der Waals surface area (Å²) in [5, 5.41) is 8.68. The van der Waals surface area contributed by atoms with Crippen LogP contribution in [0.2, 0.25) is 0 Å². The minimum absolute atomic E-state index is 0.137. The zero-order valence-corrected chi connectivity index (χ0v) is 12.2. The summed E-state index contributed by atoms with van der Waals surface area (Å²) in [6, 6.07) is 12.8. The van der Waals surface area contributed by atoms with Crippen molar-refractivity contribution in [1.29, 1.82) is 5.26 Å². The molecule has 0 amide bonds. The fourth-order valence-corrected chi connectivity index (χ4v) is 2.26. The van der Waals surface area contributed by atoms with Gasteiger partial charge in [-0.05, 0) is 29.7 Å². The Balaban J connectivity index is 2.25. The van der Waals surface area contributed by atoms with Crippen molar-refractivity contribution in [2.24, 2.45) is 0 Å². The number of alkyl halides is 3. The van der Waals surface area contributed by atoms with E-state index in [9.17, 15) is 13.2 Å². The van der Waals surface area contributed by atoms with Gasteiger partial charge in [0.2, 0.25) is 0 Å². The number of aryl methyl sites for hydroxylation is 1. The Kier molecular flexibility index (Phi) is 4.87. The average Bonchev–Trinajstić information content (AvgIpc) is 2.55. The van der Waals surface area contributed by atoms with Gasteiger partial charge in [0.05, 0.1) is 11.6 Å². The van der Waals surface area contributed by atoms with Crippen LogP contribution in [0.3, 0.4) is 0 Å². The Bertz CT molecular complexity index is 654.